The van der Waals surface area contributed by atoms with Gasteiger partial charge in [0.2, 0.25) is 0 Å². The van der Waals surface area contributed by atoms with Crippen molar-refractivity contribution in [1.82, 2.24) is 19.9 Å². The highest BCUT2D eigenvalue weighted by atomic mass is 16.6. The van der Waals surface area contributed by atoms with E-state index >= 15 is 0 Å². The summed E-state index contributed by atoms with van der Waals surface area (Å²) in [7, 11) is 0. The zero-order valence-electron chi connectivity index (χ0n) is 25.4. The number of hydrogen-bond donors (Lipinski definition) is 5. The second-order valence-corrected chi connectivity index (χ2v) is 11.8. The Kier molecular flexibility index (Phi) is 8.23. The lowest BCUT2D eigenvalue weighted by Gasteiger charge is -2.22. The Bertz CT molecular complexity index is 1760. The Morgan fingerprint density at radius 3 is 2.00 bits per heavy atom. The number of aromatic amines is 2. The molecule has 0 saturated heterocycles. The van der Waals surface area contributed by atoms with Crippen molar-refractivity contribution in [3.05, 3.63) is 66.0 Å². The molecule has 0 saturated carbocycles. The predicted molar refractivity (Wildman–Crippen MR) is 166 cm³/mol. The van der Waals surface area contributed by atoms with E-state index in [9.17, 15) is 14.7 Å². The van der Waals surface area contributed by atoms with Crippen molar-refractivity contribution < 1.29 is 24.2 Å². The number of ether oxygens (including phenoxy) is 2. The number of fused-ring (bicyclic) bond motifs is 3. The number of carboxylic acids is 1. The van der Waals surface area contributed by atoms with Crippen LogP contribution >= 0.6 is 0 Å². The minimum atomic E-state index is -1.25. The van der Waals surface area contributed by atoms with Crippen LogP contribution in [0.4, 0.5) is 0 Å². The molecule has 0 aliphatic carbocycles. The number of imidazole rings is 2. The number of nitrogens with one attached hydrogen (secondary N) is 4. The Morgan fingerprint density at radius 1 is 0.909 bits per heavy atom. The van der Waals surface area contributed by atoms with Gasteiger partial charge >= 0.3 is 11.9 Å². The van der Waals surface area contributed by atoms with Crippen LogP contribution in [0.2, 0.25) is 0 Å². The molecule has 0 fully saturated rings. The molecule has 0 spiro atoms. The number of hydrogen-bond acceptors (Lipinski definition) is 8. The largest absolute Gasteiger partial charge is 0.488 e. The number of nitrogens with zero attached hydrogens (tertiary/aromatic N) is 2. The van der Waals surface area contributed by atoms with Crippen LogP contribution in [-0.4, -0.2) is 54.0 Å². The number of carboxylic acid groups (broad SMARTS) is 1. The third-order valence-corrected chi connectivity index (χ3v) is 7.60. The van der Waals surface area contributed by atoms with Gasteiger partial charge in [0.15, 0.2) is 0 Å². The molecule has 228 valence electrons. The molecular formula is C33H36N6O5. The van der Waals surface area contributed by atoms with Crippen LogP contribution in [0.3, 0.4) is 0 Å². The highest BCUT2D eigenvalue weighted by Crippen LogP contribution is 2.41. The number of aliphatic carboxylic acids is 1. The first-order valence-corrected chi connectivity index (χ1v) is 14.5. The maximum Gasteiger partial charge on any atom is 0.353 e. The minimum Gasteiger partial charge on any atom is -0.488 e. The van der Waals surface area contributed by atoms with E-state index in [1.54, 1.807) is 33.2 Å². The number of rotatable bonds is 10. The molecule has 1 aliphatic rings. The topological polar surface area (TPSA) is 178 Å². The van der Waals surface area contributed by atoms with E-state index in [0.717, 1.165) is 39.3 Å². The van der Waals surface area contributed by atoms with Gasteiger partial charge in [-0.15, -0.1) is 0 Å². The molecule has 1 aliphatic heterocycles. The van der Waals surface area contributed by atoms with Crippen molar-refractivity contribution in [2.45, 2.75) is 71.5 Å². The summed E-state index contributed by atoms with van der Waals surface area (Å²) in [6, 6.07) is 12.0. The molecule has 0 radical (unpaired) electrons. The SMILES string of the molecule is CCC(C(=N)C(=O)O)c1ncc(-c2ccc3c(c2)OCc2cc(-c4cnc(C(CC)C(=N)C(=O)OC(C)(C)C)[nH]4)ccc2-3)[nH]1. The third kappa shape index (κ3) is 6.03. The Balaban J connectivity index is 1.36. The van der Waals surface area contributed by atoms with Crippen molar-refractivity contribution in [3.63, 3.8) is 0 Å². The summed E-state index contributed by atoms with van der Waals surface area (Å²) in [5.74, 6) is -1.32. The van der Waals surface area contributed by atoms with Gasteiger partial charge in [-0.2, -0.15) is 0 Å². The number of carbonyl (C=O) groups is 2. The zero-order chi connectivity index (χ0) is 31.8. The van der Waals surface area contributed by atoms with Gasteiger partial charge in [-0.3, -0.25) is 10.8 Å². The second kappa shape index (κ2) is 11.9. The van der Waals surface area contributed by atoms with Gasteiger partial charge in [-0.1, -0.05) is 32.0 Å². The quantitative estimate of drug-likeness (QED) is 0.103. The van der Waals surface area contributed by atoms with Crippen molar-refractivity contribution in [2.75, 3.05) is 0 Å². The fourth-order valence-electron chi connectivity index (χ4n) is 5.34. The summed E-state index contributed by atoms with van der Waals surface area (Å²) < 4.78 is 11.6. The van der Waals surface area contributed by atoms with Crippen molar-refractivity contribution >= 4 is 23.4 Å². The molecule has 0 bridgehead atoms. The number of H-pyrrole nitrogens is 2. The first kappa shape index (κ1) is 30.4. The van der Waals surface area contributed by atoms with E-state index < -0.39 is 35.1 Å². The molecule has 4 aromatic rings. The highest BCUT2D eigenvalue weighted by molar-refractivity contribution is 6.37. The first-order valence-electron chi connectivity index (χ1n) is 14.5. The fraction of sp³-hybridized carbons (Fsp3) is 0.333. The number of esters is 1. The van der Waals surface area contributed by atoms with Crippen LogP contribution in [0.15, 0.2) is 48.8 Å². The predicted octanol–water partition coefficient (Wildman–Crippen LogP) is 6.48. The first-order chi connectivity index (χ1) is 20.9. The Labute approximate surface area is 255 Å². The van der Waals surface area contributed by atoms with Gasteiger partial charge in [0.1, 0.15) is 41.0 Å². The van der Waals surface area contributed by atoms with Crippen LogP contribution in [0.25, 0.3) is 33.6 Å². The molecule has 5 N–H and O–H groups in total. The monoisotopic (exact) mass is 596 g/mol. The van der Waals surface area contributed by atoms with Crippen LogP contribution in [0.1, 0.15) is 76.5 Å². The lowest BCUT2D eigenvalue weighted by molar-refractivity contribution is -0.146. The van der Waals surface area contributed by atoms with E-state index in [0.29, 0.717) is 36.8 Å². The minimum absolute atomic E-state index is 0.130. The Morgan fingerprint density at radius 2 is 1.45 bits per heavy atom. The third-order valence-electron chi connectivity index (χ3n) is 7.60. The van der Waals surface area contributed by atoms with Gasteiger partial charge in [-0.05, 0) is 68.5 Å². The van der Waals surface area contributed by atoms with Crippen LogP contribution < -0.4 is 4.74 Å². The molecule has 2 atom stereocenters. The van der Waals surface area contributed by atoms with Gasteiger partial charge in [0.25, 0.3) is 0 Å². The van der Waals surface area contributed by atoms with Crippen LogP contribution in [0, 0.1) is 10.8 Å². The lowest BCUT2D eigenvalue weighted by Crippen LogP contribution is -2.31. The maximum atomic E-state index is 12.5. The van der Waals surface area contributed by atoms with E-state index in [1.165, 1.54) is 0 Å². The lowest BCUT2D eigenvalue weighted by atomic mass is 9.93. The molecule has 2 aromatic carbocycles. The maximum absolute atomic E-state index is 12.5. The molecule has 11 heteroatoms. The zero-order valence-corrected chi connectivity index (χ0v) is 25.4. The van der Waals surface area contributed by atoms with E-state index in [-0.39, 0.29) is 5.71 Å². The summed E-state index contributed by atoms with van der Waals surface area (Å²) in [6.45, 7) is 9.42. The van der Waals surface area contributed by atoms with Crippen LogP contribution in [-0.2, 0) is 20.9 Å². The van der Waals surface area contributed by atoms with Crippen molar-refractivity contribution in [1.29, 1.82) is 10.8 Å². The smallest absolute Gasteiger partial charge is 0.353 e. The van der Waals surface area contributed by atoms with E-state index in [2.05, 4.69) is 19.9 Å². The Hall–Kier alpha value is -5.06. The molecule has 11 nitrogen and oxygen atoms in total. The normalized spacial score (nSPS) is 13.7. The van der Waals surface area contributed by atoms with Gasteiger partial charge in [0, 0.05) is 11.1 Å². The van der Waals surface area contributed by atoms with Crippen molar-refractivity contribution in [2.24, 2.45) is 0 Å². The summed E-state index contributed by atoms with van der Waals surface area (Å²) in [4.78, 5) is 39.2. The molecular weight excluding hydrogens is 560 g/mol. The second-order valence-electron chi connectivity index (χ2n) is 11.8. The molecule has 5 rings (SSSR count). The molecule has 3 heterocycles. The van der Waals surface area contributed by atoms with Gasteiger partial charge < -0.3 is 24.5 Å². The fourth-order valence-corrected chi connectivity index (χ4v) is 5.34. The van der Waals surface area contributed by atoms with E-state index in [1.807, 2.05) is 50.2 Å². The average molecular weight is 597 g/mol. The van der Waals surface area contributed by atoms with Gasteiger partial charge in [-0.25, -0.2) is 19.6 Å². The molecule has 2 aromatic heterocycles. The summed E-state index contributed by atoms with van der Waals surface area (Å²) >= 11 is 0. The van der Waals surface area contributed by atoms with Crippen LogP contribution in [0.5, 0.6) is 5.75 Å². The summed E-state index contributed by atoms with van der Waals surface area (Å²) in [5, 5.41) is 25.6. The van der Waals surface area contributed by atoms with E-state index in [4.69, 9.17) is 20.3 Å². The number of aromatic nitrogens is 4. The highest BCUT2D eigenvalue weighted by Gasteiger charge is 2.29. The molecule has 44 heavy (non-hydrogen) atoms. The number of carbonyl (C=O) groups excluding carboxylic acids is 1. The summed E-state index contributed by atoms with van der Waals surface area (Å²) in [5.41, 5.74) is 5.03. The number of benzene rings is 2. The molecule has 0 amide bonds. The summed E-state index contributed by atoms with van der Waals surface area (Å²) in [6.07, 6.45) is 4.33. The average Bonchev–Trinajstić information content (AvgIpc) is 3.67. The van der Waals surface area contributed by atoms with Crippen molar-refractivity contribution in [3.8, 4) is 39.4 Å². The molecule has 2 unspecified atom stereocenters. The standard InChI is InChI=1S/C33H36N6O5/c1-6-20(27(34)31(40)41)29-36-15-25(39-29)18-9-11-23-22-10-8-17(12-19(22)16-43-26(23)13-18)24-14-37-30(38-24)21(7-2)28(35)32(42)44-33(3,4)5/h8-15,20-21,34-35H,6-7,16H2,1-5H3,(H,36,39)(H,37,38)(H,40,41). The van der Waals surface area contributed by atoms with Gasteiger partial charge in [0.05, 0.1) is 35.6 Å².